The molecule has 1 fully saturated rings. The molecule has 1 saturated carbocycles. The molecular formula is C23H22N2. The van der Waals surface area contributed by atoms with Crippen molar-refractivity contribution in [2.45, 2.75) is 51.4 Å². The van der Waals surface area contributed by atoms with Gasteiger partial charge in [0, 0.05) is 22.4 Å². The number of hydrogen-bond acceptors (Lipinski definition) is 1. The number of fused-ring (bicyclic) bond motifs is 6. The molecule has 1 aliphatic carbocycles. The lowest BCUT2D eigenvalue weighted by Crippen LogP contribution is -2.23. The van der Waals surface area contributed by atoms with Gasteiger partial charge in [0.05, 0.1) is 11.2 Å². The third kappa shape index (κ3) is 1.58. The van der Waals surface area contributed by atoms with Gasteiger partial charge in [-0.25, -0.2) is 4.98 Å². The lowest BCUT2D eigenvalue weighted by atomic mass is 9.71. The highest BCUT2D eigenvalue weighted by Gasteiger charge is 2.37. The minimum Gasteiger partial charge on any atom is -0.295 e. The molecule has 0 saturated heterocycles. The van der Waals surface area contributed by atoms with Crippen LogP contribution in [0.1, 0.15) is 60.0 Å². The second-order valence-corrected chi connectivity index (χ2v) is 7.98. The first-order valence-corrected chi connectivity index (χ1v) is 9.58. The zero-order chi connectivity index (χ0) is 16.7. The van der Waals surface area contributed by atoms with Crippen molar-refractivity contribution in [2.24, 2.45) is 0 Å². The fraction of sp³-hybridized carbons (Fsp3) is 0.348. The number of nitrogens with zero attached hydrogens (tertiary/aromatic N) is 2. The molecule has 4 aromatic rings. The summed E-state index contributed by atoms with van der Waals surface area (Å²) in [6.07, 6.45) is 5.34. The Labute approximate surface area is 147 Å². The molecule has 124 valence electrons. The summed E-state index contributed by atoms with van der Waals surface area (Å²) in [5.41, 5.74) is 8.27. The van der Waals surface area contributed by atoms with E-state index >= 15 is 0 Å². The van der Waals surface area contributed by atoms with Crippen LogP contribution in [0.5, 0.6) is 0 Å². The average molecular weight is 326 g/mol. The summed E-state index contributed by atoms with van der Waals surface area (Å²) in [6, 6.07) is 13.6. The number of rotatable bonds is 0. The van der Waals surface area contributed by atoms with Crippen LogP contribution < -0.4 is 0 Å². The van der Waals surface area contributed by atoms with Crippen LogP contribution in [0.3, 0.4) is 0 Å². The van der Waals surface area contributed by atoms with E-state index < -0.39 is 0 Å². The van der Waals surface area contributed by atoms with Gasteiger partial charge in [-0.1, -0.05) is 49.2 Å². The van der Waals surface area contributed by atoms with Gasteiger partial charge in [-0.15, -0.1) is 0 Å². The first-order chi connectivity index (χ1) is 12.3. The predicted octanol–water partition coefficient (Wildman–Crippen LogP) is 6.01. The Morgan fingerprint density at radius 2 is 1.68 bits per heavy atom. The molecule has 0 radical (unpaired) electrons. The maximum atomic E-state index is 5.08. The Balaban J connectivity index is 1.96. The Morgan fingerprint density at radius 1 is 0.920 bits per heavy atom. The molecule has 0 bridgehead atoms. The molecule has 2 atom stereocenters. The van der Waals surface area contributed by atoms with E-state index in [9.17, 15) is 0 Å². The Bertz CT molecular complexity index is 1180. The fourth-order valence-electron chi connectivity index (χ4n) is 5.70. The minimum absolute atomic E-state index is 0.642. The molecule has 2 heteroatoms. The molecule has 0 spiro atoms. The van der Waals surface area contributed by atoms with Crippen LogP contribution >= 0.6 is 0 Å². The van der Waals surface area contributed by atoms with E-state index in [1.165, 1.54) is 64.3 Å². The summed E-state index contributed by atoms with van der Waals surface area (Å²) in [4.78, 5) is 5.08. The first kappa shape index (κ1) is 13.9. The molecular weight excluding hydrogens is 304 g/mol. The molecule has 0 N–H and O–H groups in total. The van der Waals surface area contributed by atoms with Gasteiger partial charge in [-0.05, 0) is 49.1 Å². The maximum absolute atomic E-state index is 5.08. The number of benzene rings is 2. The molecule has 2 aliphatic rings. The lowest BCUT2D eigenvalue weighted by molar-refractivity contribution is 0.373. The van der Waals surface area contributed by atoms with Crippen molar-refractivity contribution in [1.29, 1.82) is 0 Å². The fourth-order valence-corrected chi connectivity index (χ4v) is 5.70. The number of imidazole rings is 1. The highest BCUT2D eigenvalue weighted by Crippen LogP contribution is 2.51. The van der Waals surface area contributed by atoms with Crippen molar-refractivity contribution in [1.82, 2.24) is 9.38 Å². The number of pyridine rings is 1. The number of hydrogen-bond donors (Lipinski definition) is 0. The predicted molar refractivity (Wildman–Crippen MR) is 104 cm³/mol. The van der Waals surface area contributed by atoms with Crippen molar-refractivity contribution >= 4 is 27.3 Å². The standard InChI is InChI=1S/C23H22N2/c1-13-11-12-18-15-7-3-5-9-17(15)21-14(2)24-23-19-10-6-4-8-16(19)20(13)22(18)25(21)23/h4,6,8,10-12,15,17H,3,5,7,9H2,1-2H3. The van der Waals surface area contributed by atoms with Gasteiger partial charge in [0.1, 0.15) is 5.65 Å². The van der Waals surface area contributed by atoms with E-state index in [1.54, 1.807) is 5.56 Å². The van der Waals surface area contributed by atoms with E-state index in [0.29, 0.717) is 11.8 Å². The molecule has 2 aromatic carbocycles. The summed E-state index contributed by atoms with van der Waals surface area (Å²) in [5.74, 6) is 1.31. The lowest BCUT2D eigenvalue weighted by Gasteiger charge is -2.37. The normalized spacial score (nSPS) is 22.2. The van der Waals surface area contributed by atoms with Crippen molar-refractivity contribution in [3.05, 3.63) is 58.9 Å². The van der Waals surface area contributed by atoms with E-state index in [4.69, 9.17) is 4.98 Å². The SMILES string of the molecule is Cc1nc2c3ccccc3c3c(C)ccc4c3n2c1C1CCCCC41. The van der Waals surface area contributed by atoms with Crippen molar-refractivity contribution in [2.75, 3.05) is 0 Å². The third-order valence-corrected chi connectivity index (χ3v) is 6.69. The highest BCUT2D eigenvalue weighted by molar-refractivity contribution is 6.14. The second kappa shape index (κ2) is 4.63. The largest absolute Gasteiger partial charge is 0.295 e. The van der Waals surface area contributed by atoms with Gasteiger partial charge >= 0.3 is 0 Å². The van der Waals surface area contributed by atoms with Crippen LogP contribution in [0.15, 0.2) is 36.4 Å². The molecule has 2 nitrogen and oxygen atoms in total. The van der Waals surface area contributed by atoms with Crippen LogP contribution in [0, 0.1) is 13.8 Å². The van der Waals surface area contributed by atoms with E-state index in [1.807, 2.05) is 0 Å². The van der Waals surface area contributed by atoms with Crippen LogP contribution in [-0.4, -0.2) is 9.38 Å². The molecule has 6 rings (SSSR count). The average Bonchev–Trinajstić information content (AvgIpc) is 3.00. The number of aryl methyl sites for hydroxylation is 2. The van der Waals surface area contributed by atoms with Crippen molar-refractivity contribution in [3.63, 3.8) is 0 Å². The summed E-state index contributed by atoms with van der Waals surface area (Å²) in [5, 5.41) is 4.08. The summed E-state index contributed by atoms with van der Waals surface area (Å²) >= 11 is 0. The van der Waals surface area contributed by atoms with Gasteiger partial charge in [-0.2, -0.15) is 0 Å². The van der Waals surface area contributed by atoms with Gasteiger partial charge < -0.3 is 0 Å². The van der Waals surface area contributed by atoms with E-state index in [0.717, 1.165) is 5.65 Å². The molecule has 3 heterocycles. The zero-order valence-electron chi connectivity index (χ0n) is 14.8. The smallest absolute Gasteiger partial charge is 0.145 e. The topological polar surface area (TPSA) is 17.3 Å². The van der Waals surface area contributed by atoms with Gasteiger partial charge in [0.2, 0.25) is 0 Å². The Kier molecular flexibility index (Phi) is 2.57. The monoisotopic (exact) mass is 326 g/mol. The van der Waals surface area contributed by atoms with Crippen LogP contribution in [0.2, 0.25) is 0 Å². The van der Waals surface area contributed by atoms with Gasteiger partial charge in [-0.3, -0.25) is 4.40 Å². The Hall–Kier alpha value is -2.35. The molecule has 0 amide bonds. The number of aromatic nitrogens is 2. The van der Waals surface area contributed by atoms with Crippen LogP contribution in [0.4, 0.5) is 0 Å². The third-order valence-electron chi connectivity index (χ3n) is 6.69. The van der Waals surface area contributed by atoms with E-state index in [2.05, 4.69) is 54.6 Å². The highest BCUT2D eigenvalue weighted by atomic mass is 15.0. The van der Waals surface area contributed by atoms with Gasteiger partial charge in [0.25, 0.3) is 0 Å². The van der Waals surface area contributed by atoms with E-state index in [-0.39, 0.29) is 0 Å². The summed E-state index contributed by atoms with van der Waals surface area (Å²) < 4.78 is 2.53. The molecule has 25 heavy (non-hydrogen) atoms. The van der Waals surface area contributed by atoms with Crippen molar-refractivity contribution < 1.29 is 0 Å². The second-order valence-electron chi connectivity index (χ2n) is 7.98. The summed E-state index contributed by atoms with van der Waals surface area (Å²) in [6.45, 7) is 4.48. The first-order valence-electron chi connectivity index (χ1n) is 9.58. The molecule has 2 aromatic heterocycles. The quantitative estimate of drug-likeness (QED) is 0.362. The zero-order valence-corrected chi connectivity index (χ0v) is 14.8. The van der Waals surface area contributed by atoms with Crippen LogP contribution in [0.25, 0.3) is 27.3 Å². The molecule has 1 aliphatic heterocycles. The van der Waals surface area contributed by atoms with Crippen molar-refractivity contribution in [3.8, 4) is 0 Å². The summed E-state index contributed by atoms with van der Waals surface area (Å²) in [7, 11) is 0. The molecule has 2 unspecified atom stereocenters. The van der Waals surface area contributed by atoms with Gasteiger partial charge in [0.15, 0.2) is 0 Å². The minimum atomic E-state index is 0.642. The maximum Gasteiger partial charge on any atom is 0.145 e. The Morgan fingerprint density at radius 3 is 2.52 bits per heavy atom. The van der Waals surface area contributed by atoms with Crippen LogP contribution in [-0.2, 0) is 0 Å².